The van der Waals surface area contributed by atoms with Crippen LogP contribution in [-0.4, -0.2) is 20.2 Å². The van der Waals surface area contributed by atoms with Gasteiger partial charge >= 0.3 is 58.4 Å². The Bertz CT molecular complexity index is 446. The van der Waals surface area contributed by atoms with Crippen molar-refractivity contribution < 1.29 is 73.8 Å². The van der Waals surface area contributed by atoms with Crippen molar-refractivity contribution in [1.82, 2.24) is 0 Å². The SMILES string of the molecule is COc1ccc(OC2CCCCCC2)c([B-](F)(F)F)c1.[K+]. The number of hydrogen-bond donors (Lipinski definition) is 0. The fourth-order valence-electron chi connectivity index (χ4n) is 2.56. The first kappa shape index (κ1) is 19.4. The van der Waals surface area contributed by atoms with Gasteiger partial charge in [0.1, 0.15) is 5.75 Å². The predicted octanol–water partition coefficient (Wildman–Crippen LogP) is 0.855. The van der Waals surface area contributed by atoms with Crippen molar-refractivity contribution in [2.24, 2.45) is 0 Å². The van der Waals surface area contributed by atoms with Crippen LogP contribution in [0.1, 0.15) is 38.5 Å². The molecule has 0 heterocycles. The molecule has 7 heteroatoms. The molecule has 0 spiro atoms. The monoisotopic (exact) mass is 326 g/mol. The fraction of sp³-hybridized carbons (Fsp3) is 0.571. The Morgan fingerprint density at radius 2 is 1.67 bits per heavy atom. The number of rotatable bonds is 4. The average Bonchev–Trinajstić information content (AvgIpc) is 2.66. The third kappa shape index (κ3) is 5.78. The molecule has 1 aromatic carbocycles. The summed E-state index contributed by atoms with van der Waals surface area (Å²) in [6.07, 6.45) is 5.87. The minimum atomic E-state index is -5.11. The van der Waals surface area contributed by atoms with E-state index in [0.717, 1.165) is 44.6 Å². The molecule has 0 unspecified atom stereocenters. The molecule has 2 rings (SSSR count). The molecule has 1 aromatic rings. The summed E-state index contributed by atoms with van der Waals surface area (Å²) in [6, 6.07) is 3.90. The maximum Gasteiger partial charge on any atom is 1.00 e. The number of ether oxygens (including phenoxy) is 2. The number of benzene rings is 1. The molecule has 0 saturated heterocycles. The van der Waals surface area contributed by atoms with E-state index in [2.05, 4.69) is 0 Å². The van der Waals surface area contributed by atoms with E-state index < -0.39 is 12.4 Å². The molecule has 0 amide bonds. The van der Waals surface area contributed by atoms with E-state index in [1.807, 2.05) is 0 Å². The molecule has 112 valence electrons. The smallest absolute Gasteiger partial charge is 0.497 e. The molecule has 0 bridgehead atoms. The molecule has 1 fully saturated rings. The Morgan fingerprint density at radius 3 is 2.19 bits per heavy atom. The van der Waals surface area contributed by atoms with Crippen molar-refractivity contribution in [3.63, 3.8) is 0 Å². The van der Waals surface area contributed by atoms with E-state index in [9.17, 15) is 12.9 Å². The van der Waals surface area contributed by atoms with Gasteiger partial charge in [0.15, 0.2) is 0 Å². The van der Waals surface area contributed by atoms with Crippen LogP contribution in [0, 0.1) is 0 Å². The number of halogens is 3. The Labute approximate surface area is 166 Å². The third-order valence-electron chi connectivity index (χ3n) is 3.67. The molecule has 0 aromatic heterocycles. The Hall–Kier alpha value is 0.311. The summed E-state index contributed by atoms with van der Waals surface area (Å²) < 4.78 is 49.9. The van der Waals surface area contributed by atoms with Crippen LogP contribution in [0.15, 0.2) is 18.2 Å². The summed E-state index contributed by atoms with van der Waals surface area (Å²) >= 11 is 0. The largest absolute Gasteiger partial charge is 1.00 e. The van der Waals surface area contributed by atoms with E-state index in [4.69, 9.17) is 9.47 Å². The minimum Gasteiger partial charge on any atom is -0.497 e. The van der Waals surface area contributed by atoms with Gasteiger partial charge < -0.3 is 22.4 Å². The second-order valence-electron chi connectivity index (χ2n) is 5.21. The van der Waals surface area contributed by atoms with E-state index in [1.165, 1.54) is 19.2 Å². The fourth-order valence-corrected chi connectivity index (χ4v) is 2.56. The van der Waals surface area contributed by atoms with Crippen LogP contribution in [0.4, 0.5) is 12.9 Å². The molecular weight excluding hydrogens is 307 g/mol. The summed E-state index contributed by atoms with van der Waals surface area (Å²) in [6.45, 7) is -5.11. The van der Waals surface area contributed by atoms with Crippen LogP contribution in [0.2, 0.25) is 0 Å². The molecule has 0 radical (unpaired) electrons. The molecule has 0 atom stereocenters. The summed E-state index contributed by atoms with van der Waals surface area (Å²) in [5.41, 5.74) is -0.700. The molecular formula is C14H19BF3KO2. The Balaban J connectivity index is 0.00000220. The van der Waals surface area contributed by atoms with E-state index in [1.54, 1.807) is 0 Å². The second-order valence-corrected chi connectivity index (χ2v) is 5.21. The topological polar surface area (TPSA) is 18.5 Å². The van der Waals surface area contributed by atoms with Crippen LogP contribution in [0.5, 0.6) is 11.5 Å². The van der Waals surface area contributed by atoms with E-state index >= 15 is 0 Å². The summed E-state index contributed by atoms with van der Waals surface area (Å²) in [5.74, 6) is 0.137. The van der Waals surface area contributed by atoms with Gasteiger partial charge in [-0.05, 0) is 43.9 Å². The van der Waals surface area contributed by atoms with E-state index in [0.29, 0.717) is 0 Å². The van der Waals surface area contributed by atoms with Crippen LogP contribution < -0.4 is 66.3 Å². The first-order chi connectivity index (χ1) is 9.50. The van der Waals surface area contributed by atoms with Crippen LogP contribution in [0.25, 0.3) is 0 Å². The number of methoxy groups -OCH3 is 1. The normalized spacial score (nSPS) is 16.8. The summed E-state index contributed by atoms with van der Waals surface area (Å²) in [7, 11) is 1.36. The zero-order chi connectivity index (χ0) is 14.6. The first-order valence-corrected chi connectivity index (χ1v) is 7.05. The average molecular weight is 326 g/mol. The maximum atomic E-state index is 13.1. The molecule has 0 N–H and O–H groups in total. The zero-order valence-corrected chi connectivity index (χ0v) is 15.7. The maximum absolute atomic E-state index is 13.1. The third-order valence-corrected chi connectivity index (χ3v) is 3.67. The van der Waals surface area contributed by atoms with Crippen molar-refractivity contribution in [1.29, 1.82) is 0 Å². The van der Waals surface area contributed by atoms with Gasteiger partial charge in [0.2, 0.25) is 0 Å². The van der Waals surface area contributed by atoms with Crippen LogP contribution in [-0.2, 0) is 0 Å². The van der Waals surface area contributed by atoms with Crippen molar-refractivity contribution in [2.75, 3.05) is 7.11 Å². The zero-order valence-electron chi connectivity index (χ0n) is 12.6. The summed E-state index contributed by atoms with van der Waals surface area (Å²) in [4.78, 5) is 0. The quantitative estimate of drug-likeness (QED) is 0.604. The van der Waals surface area contributed by atoms with Gasteiger partial charge in [0.05, 0.1) is 19.0 Å². The molecule has 21 heavy (non-hydrogen) atoms. The number of hydrogen-bond acceptors (Lipinski definition) is 2. The molecule has 2 nitrogen and oxygen atoms in total. The van der Waals surface area contributed by atoms with E-state index in [-0.39, 0.29) is 69.0 Å². The first-order valence-electron chi connectivity index (χ1n) is 7.05. The standard InChI is InChI=1S/C14H19BF3O2.K/c1-19-12-8-9-14(13(10-12)15(16,17)18)20-11-6-4-2-3-5-7-11;/h8-11H,2-7H2,1H3;/q-1;+1. The van der Waals surface area contributed by atoms with Gasteiger partial charge in [-0.15, -0.1) is 0 Å². The van der Waals surface area contributed by atoms with Gasteiger partial charge in [-0.3, -0.25) is 0 Å². The van der Waals surface area contributed by atoms with Crippen molar-refractivity contribution in [3.05, 3.63) is 18.2 Å². The Kier molecular flexibility index (Phi) is 8.13. The van der Waals surface area contributed by atoms with Crippen molar-refractivity contribution in [3.8, 4) is 11.5 Å². The molecule has 1 saturated carbocycles. The molecule has 1 aliphatic carbocycles. The van der Waals surface area contributed by atoms with Crippen LogP contribution >= 0.6 is 0 Å². The molecule has 0 aliphatic heterocycles. The van der Waals surface area contributed by atoms with Crippen molar-refractivity contribution >= 4 is 12.4 Å². The predicted molar refractivity (Wildman–Crippen MR) is 73.8 cm³/mol. The van der Waals surface area contributed by atoms with Gasteiger partial charge in [-0.1, -0.05) is 18.3 Å². The minimum absolute atomic E-state index is 0. The summed E-state index contributed by atoms with van der Waals surface area (Å²) in [5, 5.41) is 0. The molecule has 1 aliphatic rings. The van der Waals surface area contributed by atoms with Gasteiger partial charge in [-0.25, -0.2) is 0 Å². The second kappa shape index (κ2) is 8.82. The Morgan fingerprint density at radius 1 is 1.05 bits per heavy atom. The van der Waals surface area contributed by atoms with Gasteiger partial charge in [0.25, 0.3) is 0 Å². The van der Waals surface area contributed by atoms with Gasteiger partial charge in [-0.2, -0.15) is 0 Å². The van der Waals surface area contributed by atoms with Gasteiger partial charge in [0, 0.05) is 0 Å². The van der Waals surface area contributed by atoms with Crippen LogP contribution in [0.3, 0.4) is 0 Å². The van der Waals surface area contributed by atoms with Crippen molar-refractivity contribution in [2.45, 2.75) is 44.6 Å².